The van der Waals surface area contributed by atoms with Crippen LogP contribution in [0.3, 0.4) is 0 Å². The summed E-state index contributed by atoms with van der Waals surface area (Å²) in [4.78, 5) is 48.8. The number of piperidine rings is 1. The molecule has 2 aliphatic rings. The zero-order chi connectivity index (χ0) is 25.0. The molecular weight excluding hydrogens is 447 g/mol. The van der Waals surface area contributed by atoms with Gasteiger partial charge in [0.15, 0.2) is 0 Å². The Kier molecular flexibility index (Phi) is 7.72. The second kappa shape index (κ2) is 9.92. The smallest absolute Gasteiger partial charge is 0.490 e. The predicted molar refractivity (Wildman–Crippen MR) is 110 cm³/mol. The molecule has 33 heavy (non-hydrogen) atoms. The van der Waals surface area contributed by atoms with E-state index in [2.05, 4.69) is 11.9 Å². The maximum absolute atomic E-state index is 12.9. The lowest BCUT2D eigenvalue weighted by Crippen LogP contribution is -2.47. The van der Waals surface area contributed by atoms with Crippen molar-refractivity contribution in [3.8, 4) is 5.75 Å². The van der Waals surface area contributed by atoms with Crippen molar-refractivity contribution >= 4 is 29.4 Å². The van der Waals surface area contributed by atoms with Crippen LogP contribution in [-0.4, -0.2) is 76.6 Å². The maximum Gasteiger partial charge on any atom is 0.490 e. The van der Waals surface area contributed by atoms with Gasteiger partial charge in [0.05, 0.1) is 5.69 Å². The Balaban J connectivity index is 0.000000479. The lowest BCUT2D eigenvalue weighted by Gasteiger charge is -2.39. The van der Waals surface area contributed by atoms with Gasteiger partial charge in [-0.15, -0.1) is 0 Å². The Morgan fingerprint density at radius 2 is 1.88 bits per heavy atom. The molecule has 12 heteroatoms. The van der Waals surface area contributed by atoms with E-state index in [0.29, 0.717) is 31.6 Å². The average molecular weight is 471 g/mol. The van der Waals surface area contributed by atoms with Crippen molar-refractivity contribution < 1.29 is 42.6 Å². The van der Waals surface area contributed by atoms with Crippen LogP contribution in [-0.2, 0) is 14.4 Å². The number of carboxylic acids is 1. The molecule has 1 atom stereocenters. The highest BCUT2D eigenvalue weighted by molar-refractivity contribution is 6.02. The van der Waals surface area contributed by atoms with Crippen molar-refractivity contribution in [1.82, 2.24) is 9.80 Å². The summed E-state index contributed by atoms with van der Waals surface area (Å²) in [6, 6.07) is 4.39. The highest BCUT2D eigenvalue weighted by atomic mass is 19.4. The number of hydrogen-bond donors (Lipinski definition) is 3. The standard InChI is InChI=1S/C19H23N3O4.C2HF3O2/c1-3-16(24)20-14-9-13(5-6-15(14)23)18(26)22-8-4-7-19(12-22)10-17(25)21(2)11-19;3-2(4,5)1(6)7/h3,5-6,9,23H,1,4,7-8,10-12H2,2H3,(H,20,24);(H,6,7). The van der Waals surface area contributed by atoms with Gasteiger partial charge in [-0.25, -0.2) is 4.79 Å². The van der Waals surface area contributed by atoms with Crippen LogP contribution in [0.4, 0.5) is 18.9 Å². The normalized spacial score (nSPS) is 20.2. The monoisotopic (exact) mass is 471 g/mol. The summed E-state index contributed by atoms with van der Waals surface area (Å²) in [7, 11) is 1.80. The number of phenolic OH excluding ortho intramolecular Hbond substituents is 1. The number of carboxylic acid groups (broad SMARTS) is 1. The molecule has 180 valence electrons. The molecule has 1 aromatic rings. The number of nitrogens with one attached hydrogen (secondary N) is 1. The Labute approximate surface area is 187 Å². The van der Waals surface area contributed by atoms with Gasteiger partial charge in [0.1, 0.15) is 5.75 Å². The lowest BCUT2D eigenvalue weighted by molar-refractivity contribution is -0.192. The van der Waals surface area contributed by atoms with Crippen molar-refractivity contribution in [1.29, 1.82) is 0 Å². The summed E-state index contributed by atoms with van der Waals surface area (Å²) < 4.78 is 31.7. The summed E-state index contributed by atoms with van der Waals surface area (Å²) >= 11 is 0. The molecule has 3 rings (SSSR count). The number of amides is 3. The van der Waals surface area contributed by atoms with E-state index in [9.17, 15) is 32.7 Å². The second-order valence-corrected chi connectivity index (χ2v) is 7.99. The van der Waals surface area contributed by atoms with Gasteiger partial charge in [0.25, 0.3) is 5.91 Å². The first-order chi connectivity index (χ1) is 15.3. The molecule has 0 saturated carbocycles. The number of nitrogens with zero attached hydrogens (tertiary/aromatic N) is 2. The lowest BCUT2D eigenvalue weighted by atomic mass is 9.79. The summed E-state index contributed by atoms with van der Waals surface area (Å²) in [5, 5.41) is 19.5. The molecule has 1 aromatic carbocycles. The van der Waals surface area contributed by atoms with Crippen LogP contribution in [0.25, 0.3) is 0 Å². The third-order valence-electron chi connectivity index (χ3n) is 5.40. The number of alkyl halides is 3. The fraction of sp³-hybridized carbons (Fsp3) is 0.429. The van der Waals surface area contributed by atoms with Crippen molar-refractivity contribution in [2.45, 2.75) is 25.4 Å². The highest BCUT2D eigenvalue weighted by Gasteiger charge is 2.45. The minimum atomic E-state index is -5.08. The van der Waals surface area contributed by atoms with E-state index in [1.54, 1.807) is 16.8 Å². The third-order valence-corrected chi connectivity index (χ3v) is 5.40. The van der Waals surface area contributed by atoms with Gasteiger partial charge in [0, 0.05) is 44.1 Å². The SMILES string of the molecule is C=CC(=O)Nc1cc(C(=O)N2CCCC3(CC(=O)N(C)C3)C2)ccc1O.O=C(O)C(F)(F)F. The minimum Gasteiger partial charge on any atom is -0.506 e. The van der Waals surface area contributed by atoms with Gasteiger partial charge < -0.3 is 25.3 Å². The Bertz CT molecular complexity index is 965. The Hall–Kier alpha value is -3.57. The van der Waals surface area contributed by atoms with E-state index in [0.717, 1.165) is 18.9 Å². The minimum absolute atomic E-state index is 0.116. The molecule has 0 bridgehead atoms. The molecule has 1 spiro atoms. The van der Waals surface area contributed by atoms with Crippen LogP contribution in [0.1, 0.15) is 29.6 Å². The third kappa shape index (κ3) is 6.46. The van der Waals surface area contributed by atoms with E-state index in [1.807, 2.05) is 0 Å². The number of aliphatic carboxylic acids is 1. The number of benzene rings is 1. The van der Waals surface area contributed by atoms with E-state index < -0.39 is 18.1 Å². The number of rotatable bonds is 3. The van der Waals surface area contributed by atoms with Gasteiger partial charge in [-0.2, -0.15) is 13.2 Å². The zero-order valence-corrected chi connectivity index (χ0v) is 17.8. The molecule has 2 saturated heterocycles. The highest BCUT2D eigenvalue weighted by Crippen LogP contribution is 2.39. The summed E-state index contributed by atoms with van der Waals surface area (Å²) in [5.74, 6) is -3.38. The molecule has 3 amide bonds. The first-order valence-corrected chi connectivity index (χ1v) is 9.88. The van der Waals surface area contributed by atoms with E-state index in [-0.39, 0.29) is 28.7 Å². The second-order valence-electron chi connectivity index (χ2n) is 7.99. The first kappa shape index (κ1) is 25.7. The Morgan fingerprint density at radius 1 is 1.24 bits per heavy atom. The van der Waals surface area contributed by atoms with Crippen LogP contribution in [0.2, 0.25) is 0 Å². The Morgan fingerprint density at radius 3 is 2.39 bits per heavy atom. The molecule has 2 aliphatic heterocycles. The first-order valence-electron chi connectivity index (χ1n) is 9.88. The van der Waals surface area contributed by atoms with Crippen molar-refractivity contribution in [3.05, 3.63) is 36.4 Å². The molecular formula is C21H24F3N3O6. The number of halogens is 3. The van der Waals surface area contributed by atoms with E-state index >= 15 is 0 Å². The predicted octanol–water partition coefficient (Wildman–Crippen LogP) is 2.23. The average Bonchev–Trinajstić information content (AvgIpc) is 3.01. The molecule has 0 aromatic heterocycles. The topological polar surface area (TPSA) is 127 Å². The molecule has 0 aliphatic carbocycles. The zero-order valence-electron chi connectivity index (χ0n) is 17.8. The molecule has 1 unspecified atom stereocenters. The van der Waals surface area contributed by atoms with Gasteiger partial charge >= 0.3 is 12.1 Å². The number of aromatic hydroxyl groups is 1. The molecule has 9 nitrogen and oxygen atoms in total. The van der Waals surface area contributed by atoms with E-state index in [4.69, 9.17) is 9.90 Å². The number of hydrogen-bond acceptors (Lipinski definition) is 5. The fourth-order valence-corrected chi connectivity index (χ4v) is 3.89. The van der Waals surface area contributed by atoms with Crippen LogP contribution < -0.4 is 5.32 Å². The van der Waals surface area contributed by atoms with Gasteiger partial charge in [-0.05, 0) is 37.1 Å². The summed E-state index contributed by atoms with van der Waals surface area (Å²) in [6.07, 6.45) is -1.73. The molecule has 2 heterocycles. The number of carbonyl (C=O) groups excluding carboxylic acids is 3. The van der Waals surface area contributed by atoms with Crippen molar-refractivity contribution in [3.63, 3.8) is 0 Å². The van der Waals surface area contributed by atoms with Crippen molar-refractivity contribution in [2.24, 2.45) is 5.41 Å². The van der Waals surface area contributed by atoms with Crippen LogP contribution in [0.5, 0.6) is 5.75 Å². The molecule has 3 N–H and O–H groups in total. The summed E-state index contributed by atoms with van der Waals surface area (Å²) in [6.45, 7) is 5.21. The summed E-state index contributed by atoms with van der Waals surface area (Å²) in [5.41, 5.74) is 0.386. The quantitative estimate of drug-likeness (QED) is 0.458. The molecule has 0 radical (unpaired) electrons. The number of carbonyl (C=O) groups is 4. The molecule has 2 fully saturated rings. The van der Waals surface area contributed by atoms with Gasteiger partial charge in [-0.1, -0.05) is 6.58 Å². The maximum atomic E-state index is 12.9. The van der Waals surface area contributed by atoms with E-state index in [1.165, 1.54) is 18.2 Å². The fourth-order valence-electron chi connectivity index (χ4n) is 3.89. The van der Waals surface area contributed by atoms with Gasteiger partial charge in [-0.3, -0.25) is 14.4 Å². The number of anilines is 1. The van der Waals surface area contributed by atoms with Crippen LogP contribution in [0.15, 0.2) is 30.9 Å². The van der Waals surface area contributed by atoms with Crippen LogP contribution in [0, 0.1) is 5.41 Å². The largest absolute Gasteiger partial charge is 0.506 e. The number of likely N-dealkylation sites (tertiary alicyclic amines) is 2. The van der Waals surface area contributed by atoms with Crippen molar-refractivity contribution in [2.75, 3.05) is 32.0 Å². The van der Waals surface area contributed by atoms with Crippen LogP contribution >= 0.6 is 0 Å². The number of phenols is 1. The van der Waals surface area contributed by atoms with Gasteiger partial charge in [0.2, 0.25) is 11.8 Å².